The molecule has 0 amide bonds. The van der Waals surface area contributed by atoms with Gasteiger partial charge in [-0.2, -0.15) is 0 Å². The van der Waals surface area contributed by atoms with Crippen LogP contribution in [0.3, 0.4) is 0 Å². The summed E-state index contributed by atoms with van der Waals surface area (Å²) in [5.41, 5.74) is -8.48. The molecular formula is C79H164F8. The molecular weight excluding hydrogens is 1100 g/mol. The average Bonchev–Trinajstić information content (AvgIpc) is 1.43. The van der Waals surface area contributed by atoms with Crippen molar-refractivity contribution in [3.8, 4) is 0 Å². The molecule has 0 heterocycles. The molecule has 0 radical (unpaired) electrons. The zero-order chi connectivity index (χ0) is 71.4. The Morgan fingerprint density at radius 2 is 0.644 bits per heavy atom. The lowest BCUT2D eigenvalue weighted by molar-refractivity contribution is -0.116. The summed E-state index contributed by atoms with van der Waals surface area (Å²) in [4.78, 5) is 0. The van der Waals surface area contributed by atoms with E-state index in [-0.39, 0.29) is 51.8 Å². The van der Waals surface area contributed by atoms with E-state index in [9.17, 15) is 26.3 Å². The highest BCUT2D eigenvalue weighted by molar-refractivity contribution is 5.04. The fourth-order valence-corrected chi connectivity index (χ4v) is 13.0. The molecule has 0 aliphatic heterocycles. The van der Waals surface area contributed by atoms with Crippen LogP contribution in [0.4, 0.5) is 35.1 Å². The number of hydrogen-bond donors (Lipinski definition) is 0. The second kappa shape index (κ2) is 45.7. The Hall–Kier alpha value is -0.560. The fourth-order valence-electron chi connectivity index (χ4n) is 13.0. The molecule has 8 heteroatoms. The van der Waals surface area contributed by atoms with Crippen molar-refractivity contribution in [3.63, 3.8) is 0 Å². The molecule has 1 aliphatic rings. The first-order chi connectivity index (χ1) is 39.0. The number of hydrogen-bond acceptors (Lipinski definition) is 0. The fraction of sp³-hybridized carbons (Fsp3) is 1.00. The van der Waals surface area contributed by atoms with E-state index < -0.39 is 45.4 Å². The summed E-state index contributed by atoms with van der Waals surface area (Å²) in [6.07, 6.45) is 17.6. The number of alkyl halides is 8. The molecule has 0 aromatic heterocycles. The van der Waals surface area contributed by atoms with Gasteiger partial charge in [-0.05, 0) is 185 Å². The lowest BCUT2D eigenvalue weighted by Gasteiger charge is -2.53. The van der Waals surface area contributed by atoms with E-state index in [1.54, 1.807) is 41.5 Å². The van der Waals surface area contributed by atoms with Gasteiger partial charge in [0.05, 0.1) is 0 Å². The van der Waals surface area contributed by atoms with Crippen LogP contribution in [0.15, 0.2) is 0 Å². The van der Waals surface area contributed by atoms with Gasteiger partial charge >= 0.3 is 0 Å². The minimum atomic E-state index is -1.14. The number of halogens is 8. The maximum absolute atomic E-state index is 15.8. The van der Waals surface area contributed by atoms with Crippen molar-refractivity contribution in [2.75, 3.05) is 0 Å². The molecule has 0 spiro atoms. The maximum Gasteiger partial charge on any atom is 0.118 e. The second-order valence-electron chi connectivity index (χ2n) is 31.7. The third-order valence-electron chi connectivity index (χ3n) is 23.5. The minimum Gasteiger partial charge on any atom is -0.244 e. The van der Waals surface area contributed by atoms with Crippen LogP contribution in [0.5, 0.6) is 0 Å². The second-order valence-corrected chi connectivity index (χ2v) is 31.7. The molecule has 1 saturated carbocycles. The van der Waals surface area contributed by atoms with Gasteiger partial charge in [0.15, 0.2) is 0 Å². The van der Waals surface area contributed by atoms with Crippen LogP contribution in [0, 0.1) is 75.4 Å². The predicted molar refractivity (Wildman–Crippen MR) is 381 cm³/mol. The van der Waals surface area contributed by atoms with Gasteiger partial charge in [-0.1, -0.05) is 265 Å². The van der Waals surface area contributed by atoms with E-state index in [4.69, 9.17) is 0 Å². The zero-order valence-electron chi connectivity index (χ0n) is 66.4. The molecule has 0 bridgehead atoms. The van der Waals surface area contributed by atoms with Crippen LogP contribution in [0.25, 0.3) is 0 Å². The third-order valence-corrected chi connectivity index (χ3v) is 23.5. The van der Waals surface area contributed by atoms with Crippen LogP contribution in [0.2, 0.25) is 0 Å². The van der Waals surface area contributed by atoms with Crippen LogP contribution in [0.1, 0.15) is 392 Å². The van der Waals surface area contributed by atoms with Crippen molar-refractivity contribution in [1.82, 2.24) is 0 Å². The van der Waals surface area contributed by atoms with Crippen molar-refractivity contribution in [3.05, 3.63) is 0 Å². The van der Waals surface area contributed by atoms with Crippen LogP contribution in [-0.4, -0.2) is 45.4 Å². The Morgan fingerprint density at radius 3 is 0.770 bits per heavy atom. The average molecular weight is 1270 g/mol. The lowest BCUT2D eigenvalue weighted by Crippen LogP contribution is -2.55. The summed E-state index contributed by atoms with van der Waals surface area (Å²) in [5, 5.41) is 0. The summed E-state index contributed by atoms with van der Waals surface area (Å²) >= 11 is 0. The summed E-state index contributed by atoms with van der Waals surface area (Å²) in [6.45, 7) is 75.3. The molecule has 536 valence electrons. The van der Waals surface area contributed by atoms with Crippen molar-refractivity contribution in [2.45, 2.75) is 437 Å². The Bertz CT molecular complexity index is 1480. The summed E-state index contributed by atoms with van der Waals surface area (Å²) < 4.78 is 110. The Morgan fingerprint density at radius 1 is 0.356 bits per heavy atom. The van der Waals surface area contributed by atoms with Crippen molar-refractivity contribution in [1.29, 1.82) is 0 Å². The molecule has 2 atom stereocenters. The highest BCUT2D eigenvalue weighted by Gasteiger charge is 2.55. The standard InChI is InChI=1S/C17H35F.C14H29F.C12H25F.2C8H17F.C7H13F.C7H15F.C6H13F/c1-11(2)15(12(3)4)17(10,18)16(9,13(5)6)14(7)8;1-8-12(5,9-2)14(7,15)13(6,10-3)11-4;1-6-10(7-2)12(5,13)11(8-3)9-4;1-6(2)8(5,9)7(3)4;1-4-6-8(3,9)7-5-2;1-7(8)5-3-2-4-6-7;1-5-7(4,8)6(2)3;1-4-6(3,7)5-2/h11-15H,1-10H3;8-11H2,1-7H3;10-11H,6-9H2,1-5H3;6-7H,1-5H3;4-7H2,1-3H3;2-6H2,1H3;6H,5H2,1-4H3;4-5H2,1-3H3/t17-;;;;;;7-;/m1.....0./s1. The first-order valence-electron chi connectivity index (χ1n) is 36.5. The highest BCUT2D eigenvalue weighted by Crippen LogP contribution is 2.55. The van der Waals surface area contributed by atoms with E-state index in [1.807, 2.05) is 90.0 Å². The Kier molecular flexibility index (Phi) is 52.5. The van der Waals surface area contributed by atoms with E-state index in [2.05, 4.69) is 132 Å². The predicted octanol–water partition coefficient (Wildman–Crippen LogP) is 30.3. The molecule has 1 aliphatic carbocycles. The summed E-state index contributed by atoms with van der Waals surface area (Å²) in [7, 11) is 0. The zero-order valence-corrected chi connectivity index (χ0v) is 66.4. The SMILES string of the molecule is CC(C)C(C(C)C)[C@@](C)(F)C(C)(C(C)C)C(C)C.CC(C)C(C)(F)C(C)C.CC1(F)CCCCC1.CCC(C)(CC)C(C)(F)C(C)(CC)CC.CCC(C)(F)CC.CCC(CC)C(C)(F)C(CC)CC.CCCC(C)(F)CCC.CC[C@](C)(F)C(C)C. The number of rotatable bonds is 28. The molecule has 0 saturated heterocycles. The van der Waals surface area contributed by atoms with Crippen molar-refractivity contribution in [2.24, 2.45) is 75.4 Å². The molecule has 1 fully saturated rings. The van der Waals surface area contributed by atoms with Gasteiger partial charge in [-0.25, -0.2) is 35.1 Å². The molecule has 0 nitrogen and oxygen atoms in total. The quantitative estimate of drug-likeness (QED) is 0.0685. The van der Waals surface area contributed by atoms with E-state index in [1.165, 1.54) is 6.42 Å². The van der Waals surface area contributed by atoms with Gasteiger partial charge in [0, 0.05) is 16.2 Å². The van der Waals surface area contributed by atoms with Gasteiger partial charge < -0.3 is 0 Å². The third kappa shape index (κ3) is 35.5. The van der Waals surface area contributed by atoms with Gasteiger partial charge in [0.1, 0.15) is 45.4 Å². The summed E-state index contributed by atoms with van der Waals surface area (Å²) in [6, 6.07) is 0. The van der Waals surface area contributed by atoms with E-state index >= 15 is 8.78 Å². The molecule has 0 N–H and O–H groups in total. The first kappa shape index (κ1) is 100.0. The van der Waals surface area contributed by atoms with Gasteiger partial charge in [0.25, 0.3) is 0 Å². The van der Waals surface area contributed by atoms with Gasteiger partial charge in [-0.15, -0.1) is 0 Å². The normalized spacial score (nSPS) is 15.9. The lowest BCUT2D eigenvalue weighted by atomic mass is 9.54. The van der Waals surface area contributed by atoms with Gasteiger partial charge in [0.2, 0.25) is 0 Å². The molecule has 87 heavy (non-hydrogen) atoms. The van der Waals surface area contributed by atoms with Crippen LogP contribution in [-0.2, 0) is 0 Å². The van der Waals surface area contributed by atoms with Crippen molar-refractivity contribution < 1.29 is 35.1 Å². The molecule has 0 unspecified atom stereocenters. The highest BCUT2D eigenvalue weighted by atomic mass is 19.2. The maximum atomic E-state index is 15.8. The van der Waals surface area contributed by atoms with E-state index in [0.717, 1.165) is 89.9 Å². The molecule has 1 rings (SSSR count). The van der Waals surface area contributed by atoms with Crippen LogP contribution < -0.4 is 0 Å². The van der Waals surface area contributed by atoms with E-state index in [0.29, 0.717) is 55.8 Å². The summed E-state index contributed by atoms with van der Waals surface area (Å²) in [5.74, 6) is 2.39. The first-order valence-corrected chi connectivity index (χ1v) is 36.5. The smallest absolute Gasteiger partial charge is 0.118 e. The monoisotopic (exact) mass is 1270 g/mol. The largest absolute Gasteiger partial charge is 0.244 e. The molecule has 0 aromatic carbocycles. The molecule has 0 aromatic rings. The topological polar surface area (TPSA) is 0 Å². The van der Waals surface area contributed by atoms with Gasteiger partial charge in [-0.3, -0.25) is 0 Å². The Labute approximate surface area is 545 Å². The van der Waals surface area contributed by atoms with Crippen LogP contribution >= 0.6 is 0 Å². The van der Waals surface area contributed by atoms with Crippen molar-refractivity contribution >= 4 is 0 Å². The Balaban J connectivity index is -0.000000172. The minimum absolute atomic E-state index is 0.104.